The number of aryl methyl sites for hydroxylation is 2. The molecule has 1 rings (SSSR count). The van der Waals surface area contributed by atoms with Gasteiger partial charge in [-0.15, -0.1) is 0 Å². The molecule has 0 saturated heterocycles. The molecule has 0 aliphatic heterocycles. The van der Waals surface area contributed by atoms with Crippen LogP contribution in [0.3, 0.4) is 0 Å². The quantitative estimate of drug-likeness (QED) is 0.571. The number of carbonyl (C=O) groups is 2. The van der Waals surface area contributed by atoms with Gasteiger partial charge in [0.1, 0.15) is 6.42 Å². The maximum absolute atomic E-state index is 12.0. The van der Waals surface area contributed by atoms with E-state index in [-0.39, 0.29) is 18.2 Å². The molecule has 0 bridgehead atoms. The van der Waals surface area contributed by atoms with Crippen molar-refractivity contribution in [2.24, 2.45) is 0 Å². The van der Waals surface area contributed by atoms with Gasteiger partial charge in [-0.1, -0.05) is 45.4 Å². The molecular formula is C17H26N2O2. The summed E-state index contributed by atoms with van der Waals surface area (Å²) >= 11 is 0. The lowest BCUT2D eigenvalue weighted by atomic mass is 10.0. The number of nitrogens with one attached hydrogen (secondary N) is 2. The first-order valence-electron chi connectivity index (χ1n) is 7.79. The van der Waals surface area contributed by atoms with E-state index in [0.717, 1.165) is 42.5 Å². The van der Waals surface area contributed by atoms with Crippen LogP contribution in [-0.2, 0) is 22.4 Å². The first-order valence-corrected chi connectivity index (χ1v) is 7.79. The minimum atomic E-state index is -0.250. The molecule has 1 aromatic carbocycles. The standard InChI is InChI=1S/C17H26N2O2/c1-4-7-11-18-15(20)12-16(21)19-17-13(5-2)9-8-10-14(17)6-3/h8-10H,4-7,11-12H2,1-3H3,(H,18,20)(H,19,21). The molecule has 2 N–H and O–H groups in total. The van der Waals surface area contributed by atoms with Gasteiger partial charge in [0, 0.05) is 12.2 Å². The van der Waals surface area contributed by atoms with Crippen molar-refractivity contribution < 1.29 is 9.59 Å². The molecule has 1 aromatic rings. The summed E-state index contributed by atoms with van der Waals surface area (Å²) in [4.78, 5) is 23.7. The maximum atomic E-state index is 12.0. The first kappa shape index (κ1) is 17.2. The molecule has 0 fully saturated rings. The number of unbranched alkanes of at least 4 members (excludes halogenated alkanes) is 1. The number of hydrogen-bond donors (Lipinski definition) is 2. The largest absolute Gasteiger partial charge is 0.356 e. The summed E-state index contributed by atoms with van der Waals surface area (Å²) in [6.07, 6.45) is 3.55. The molecule has 2 amide bonds. The van der Waals surface area contributed by atoms with Crippen LogP contribution in [0.2, 0.25) is 0 Å². The highest BCUT2D eigenvalue weighted by atomic mass is 16.2. The van der Waals surface area contributed by atoms with Gasteiger partial charge in [0.05, 0.1) is 0 Å². The van der Waals surface area contributed by atoms with Crippen molar-refractivity contribution in [3.8, 4) is 0 Å². The lowest BCUT2D eigenvalue weighted by molar-refractivity contribution is -0.126. The molecule has 0 atom stereocenters. The average Bonchev–Trinajstić information content (AvgIpc) is 2.47. The third-order valence-electron chi connectivity index (χ3n) is 3.44. The Kier molecular flexibility index (Phi) is 7.51. The Labute approximate surface area is 127 Å². The molecule has 0 aliphatic rings. The Bertz CT molecular complexity index is 461. The van der Waals surface area contributed by atoms with Gasteiger partial charge in [0.15, 0.2) is 0 Å². The van der Waals surface area contributed by atoms with E-state index in [1.807, 2.05) is 18.2 Å². The smallest absolute Gasteiger partial charge is 0.233 e. The average molecular weight is 290 g/mol. The van der Waals surface area contributed by atoms with Crippen LogP contribution in [0.25, 0.3) is 0 Å². The van der Waals surface area contributed by atoms with Gasteiger partial charge in [-0.05, 0) is 30.4 Å². The second kappa shape index (κ2) is 9.16. The van der Waals surface area contributed by atoms with E-state index in [1.54, 1.807) is 0 Å². The Morgan fingerprint density at radius 2 is 1.62 bits per heavy atom. The minimum Gasteiger partial charge on any atom is -0.356 e. The van der Waals surface area contributed by atoms with Crippen LogP contribution in [-0.4, -0.2) is 18.4 Å². The number of anilines is 1. The zero-order valence-electron chi connectivity index (χ0n) is 13.3. The Morgan fingerprint density at radius 1 is 1.00 bits per heavy atom. The Morgan fingerprint density at radius 3 is 2.14 bits per heavy atom. The molecule has 0 unspecified atom stereocenters. The predicted molar refractivity (Wildman–Crippen MR) is 86.4 cm³/mol. The van der Waals surface area contributed by atoms with E-state index < -0.39 is 0 Å². The SMILES string of the molecule is CCCCNC(=O)CC(=O)Nc1c(CC)cccc1CC. The minimum absolute atomic E-state index is 0.120. The number of amides is 2. The van der Waals surface area contributed by atoms with Crippen LogP contribution in [0.15, 0.2) is 18.2 Å². The molecule has 0 saturated carbocycles. The zero-order valence-corrected chi connectivity index (χ0v) is 13.3. The van der Waals surface area contributed by atoms with E-state index in [0.29, 0.717) is 6.54 Å². The Balaban J connectivity index is 2.64. The summed E-state index contributed by atoms with van der Waals surface area (Å²) in [6, 6.07) is 6.02. The fourth-order valence-corrected chi connectivity index (χ4v) is 2.20. The van der Waals surface area contributed by atoms with E-state index in [4.69, 9.17) is 0 Å². The summed E-state index contributed by atoms with van der Waals surface area (Å²) in [5.41, 5.74) is 3.08. The molecule has 0 spiro atoms. The predicted octanol–water partition coefficient (Wildman–Crippen LogP) is 3.06. The highest BCUT2D eigenvalue weighted by Gasteiger charge is 2.13. The van der Waals surface area contributed by atoms with E-state index in [9.17, 15) is 9.59 Å². The van der Waals surface area contributed by atoms with Crippen molar-refractivity contribution >= 4 is 17.5 Å². The number of benzene rings is 1. The summed E-state index contributed by atoms with van der Waals surface area (Å²) in [6.45, 7) is 6.81. The number of para-hydroxylation sites is 1. The van der Waals surface area contributed by atoms with Gasteiger partial charge < -0.3 is 10.6 Å². The van der Waals surface area contributed by atoms with E-state index in [2.05, 4.69) is 31.4 Å². The van der Waals surface area contributed by atoms with E-state index >= 15 is 0 Å². The molecule has 116 valence electrons. The number of carbonyl (C=O) groups excluding carboxylic acids is 2. The highest BCUT2D eigenvalue weighted by molar-refractivity contribution is 6.04. The third kappa shape index (κ3) is 5.58. The van der Waals surface area contributed by atoms with Gasteiger partial charge in [0.2, 0.25) is 11.8 Å². The lowest BCUT2D eigenvalue weighted by Gasteiger charge is -2.14. The third-order valence-corrected chi connectivity index (χ3v) is 3.44. The highest BCUT2D eigenvalue weighted by Crippen LogP contribution is 2.22. The van der Waals surface area contributed by atoms with Crippen molar-refractivity contribution in [1.29, 1.82) is 0 Å². The maximum Gasteiger partial charge on any atom is 0.233 e. The van der Waals surface area contributed by atoms with Crippen molar-refractivity contribution in [2.75, 3.05) is 11.9 Å². The van der Waals surface area contributed by atoms with Gasteiger partial charge in [0.25, 0.3) is 0 Å². The van der Waals surface area contributed by atoms with E-state index in [1.165, 1.54) is 0 Å². The molecule has 21 heavy (non-hydrogen) atoms. The summed E-state index contributed by atoms with van der Waals surface area (Å²) in [5.74, 6) is -0.465. The fourth-order valence-electron chi connectivity index (χ4n) is 2.20. The molecule has 0 aliphatic carbocycles. The number of rotatable bonds is 8. The molecule has 0 aromatic heterocycles. The summed E-state index contributed by atoms with van der Waals surface area (Å²) in [7, 11) is 0. The molecule has 0 heterocycles. The topological polar surface area (TPSA) is 58.2 Å². The van der Waals surface area contributed by atoms with Crippen LogP contribution in [0.4, 0.5) is 5.69 Å². The van der Waals surface area contributed by atoms with Crippen LogP contribution in [0, 0.1) is 0 Å². The number of hydrogen-bond acceptors (Lipinski definition) is 2. The van der Waals surface area contributed by atoms with Gasteiger partial charge in [-0.3, -0.25) is 9.59 Å². The zero-order chi connectivity index (χ0) is 15.7. The van der Waals surface area contributed by atoms with Crippen molar-refractivity contribution in [3.63, 3.8) is 0 Å². The van der Waals surface area contributed by atoms with Crippen LogP contribution >= 0.6 is 0 Å². The van der Waals surface area contributed by atoms with Gasteiger partial charge >= 0.3 is 0 Å². The fraction of sp³-hybridized carbons (Fsp3) is 0.529. The molecule has 4 heteroatoms. The molecule has 0 radical (unpaired) electrons. The molecule has 4 nitrogen and oxygen atoms in total. The van der Waals surface area contributed by atoms with Gasteiger partial charge in [-0.2, -0.15) is 0 Å². The first-order chi connectivity index (χ1) is 10.1. The summed E-state index contributed by atoms with van der Waals surface area (Å²) in [5, 5.41) is 5.66. The van der Waals surface area contributed by atoms with Crippen LogP contribution < -0.4 is 10.6 Å². The Hall–Kier alpha value is -1.84. The van der Waals surface area contributed by atoms with Crippen molar-refractivity contribution in [2.45, 2.75) is 52.9 Å². The second-order valence-corrected chi connectivity index (χ2v) is 5.09. The lowest BCUT2D eigenvalue weighted by Crippen LogP contribution is -2.29. The van der Waals surface area contributed by atoms with Crippen LogP contribution in [0.5, 0.6) is 0 Å². The van der Waals surface area contributed by atoms with Crippen molar-refractivity contribution in [1.82, 2.24) is 5.32 Å². The normalized spacial score (nSPS) is 10.2. The van der Waals surface area contributed by atoms with Crippen molar-refractivity contribution in [3.05, 3.63) is 29.3 Å². The second-order valence-electron chi connectivity index (χ2n) is 5.09. The summed E-state index contributed by atoms with van der Waals surface area (Å²) < 4.78 is 0. The van der Waals surface area contributed by atoms with Crippen LogP contribution in [0.1, 0.15) is 51.2 Å². The monoisotopic (exact) mass is 290 g/mol. The van der Waals surface area contributed by atoms with Gasteiger partial charge in [-0.25, -0.2) is 0 Å². The molecular weight excluding hydrogens is 264 g/mol.